The first-order valence-corrected chi connectivity index (χ1v) is 11.0. The lowest BCUT2D eigenvalue weighted by Crippen LogP contribution is -2.22. The van der Waals surface area contributed by atoms with Crippen molar-refractivity contribution in [2.75, 3.05) is 17.2 Å². The first-order chi connectivity index (χ1) is 13.0. The number of sulfone groups is 1. The van der Waals surface area contributed by atoms with Crippen LogP contribution >= 0.6 is 0 Å². The molecule has 2 N–H and O–H groups in total. The molecule has 0 spiro atoms. The highest BCUT2D eigenvalue weighted by Crippen LogP contribution is 2.30. The Balaban J connectivity index is 1.56. The molecule has 6 heteroatoms. The van der Waals surface area contributed by atoms with Crippen molar-refractivity contribution in [3.63, 3.8) is 0 Å². The van der Waals surface area contributed by atoms with Gasteiger partial charge in [0.15, 0.2) is 9.84 Å². The summed E-state index contributed by atoms with van der Waals surface area (Å²) >= 11 is 0. The van der Waals surface area contributed by atoms with Gasteiger partial charge in [0.2, 0.25) is 5.91 Å². The molecule has 0 aromatic heterocycles. The molecule has 0 saturated heterocycles. The normalized spacial score (nSPS) is 14.9. The molecule has 0 radical (unpaired) electrons. The van der Waals surface area contributed by atoms with Crippen molar-refractivity contribution < 1.29 is 13.2 Å². The van der Waals surface area contributed by atoms with Crippen molar-refractivity contribution >= 4 is 27.1 Å². The molecule has 0 unspecified atom stereocenters. The number of carbonyl (C=O) groups excluding carboxylic acids is 1. The van der Waals surface area contributed by atoms with Crippen molar-refractivity contribution in [3.05, 3.63) is 54.1 Å². The molecule has 3 rings (SSSR count). The maximum absolute atomic E-state index is 12.6. The van der Waals surface area contributed by atoms with E-state index in [1.807, 2.05) is 24.3 Å². The highest BCUT2D eigenvalue weighted by atomic mass is 32.2. The number of hydrogen-bond acceptors (Lipinski definition) is 4. The largest absolute Gasteiger partial charge is 0.376 e. The molecule has 1 saturated carbocycles. The maximum Gasteiger partial charge on any atom is 0.243 e. The van der Waals surface area contributed by atoms with Crippen molar-refractivity contribution in [1.29, 1.82) is 0 Å². The minimum absolute atomic E-state index is 0.116. The Kier molecular flexibility index (Phi) is 6.16. The zero-order chi connectivity index (χ0) is 19.3. The average Bonchev–Trinajstić information content (AvgIpc) is 3.22. The molecule has 2 aromatic rings. The number of hydrogen-bond donors (Lipinski definition) is 2. The smallest absolute Gasteiger partial charge is 0.243 e. The molecular weight excluding hydrogens is 360 g/mol. The summed E-state index contributed by atoms with van der Waals surface area (Å²) in [7, 11) is -3.24. The van der Waals surface area contributed by atoms with Crippen LogP contribution in [0.1, 0.15) is 38.2 Å². The number of anilines is 2. The van der Waals surface area contributed by atoms with Crippen molar-refractivity contribution in [1.82, 2.24) is 0 Å². The van der Waals surface area contributed by atoms with Gasteiger partial charge in [-0.2, -0.15) is 0 Å². The second-order valence-corrected chi connectivity index (χ2v) is 9.16. The van der Waals surface area contributed by atoms with E-state index in [2.05, 4.69) is 17.6 Å². The van der Waals surface area contributed by atoms with Crippen LogP contribution in [0.25, 0.3) is 0 Å². The Morgan fingerprint density at radius 1 is 1.04 bits per heavy atom. The van der Waals surface area contributed by atoms with E-state index in [4.69, 9.17) is 0 Å². The van der Waals surface area contributed by atoms with E-state index in [9.17, 15) is 13.2 Å². The molecule has 1 amide bonds. The van der Waals surface area contributed by atoms with Gasteiger partial charge >= 0.3 is 0 Å². The van der Waals surface area contributed by atoms with Crippen LogP contribution in [0.4, 0.5) is 11.4 Å². The zero-order valence-corrected chi connectivity index (χ0v) is 16.4. The van der Waals surface area contributed by atoms with E-state index in [1.54, 1.807) is 24.3 Å². The Morgan fingerprint density at radius 3 is 2.41 bits per heavy atom. The summed E-state index contributed by atoms with van der Waals surface area (Å²) < 4.78 is 25.2. The van der Waals surface area contributed by atoms with E-state index in [1.165, 1.54) is 5.56 Å². The van der Waals surface area contributed by atoms with Gasteiger partial charge in [0.25, 0.3) is 0 Å². The standard InChI is InChI=1S/C21H26N2O3S/c1-2-16-6-5-7-18(14-16)23-21(24)15-22-17-10-12-20(13-11-17)27(25,26)19-8-3-4-9-19/h5-7,10-14,19,22H,2-4,8-9,15H2,1H3,(H,23,24). The maximum atomic E-state index is 12.6. The molecule has 1 fully saturated rings. The lowest BCUT2D eigenvalue weighted by molar-refractivity contribution is -0.114. The molecule has 0 aliphatic heterocycles. The fourth-order valence-electron chi connectivity index (χ4n) is 3.41. The number of rotatable bonds is 7. The molecular formula is C21H26N2O3S. The van der Waals surface area contributed by atoms with Gasteiger partial charge in [-0.05, 0) is 61.2 Å². The Labute approximate surface area is 161 Å². The number of benzene rings is 2. The summed E-state index contributed by atoms with van der Waals surface area (Å²) in [6, 6.07) is 14.4. The van der Waals surface area contributed by atoms with Crippen LogP contribution < -0.4 is 10.6 Å². The highest BCUT2D eigenvalue weighted by Gasteiger charge is 2.30. The number of carbonyl (C=O) groups is 1. The zero-order valence-electron chi connectivity index (χ0n) is 15.6. The fraction of sp³-hybridized carbons (Fsp3) is 0.381. The third-order valence-corrected chi connectivity index (χ3v) is 7.27. The lowest BCUT2D eigenvalue weighted by Gasteiger charge is -2.12. The molecule has 144 valence electrons. The molecule has 5 nitrogen and oxygen atoms in total. The van der Waals surface area contributed by atoms with E-state index in [0.717, 1.165) is 43.5 Å². The monoisotopic (exact) mass is 386 g/mol. The van der Waals surface area contributed by atoms with Crippen LogP contribution in [-0.4, -0.2) is 26.1 Å². The summed E-state index contributed by atoms with van der Waals surface area (Å²) in [5.41, 5.74) is 2.66. The Morgan fingerprint density at radius 2 is 1.74 bits per heavy atom. The highest BCUT2D eigenvalue weighted by molar-refractivity contribution is 7.92. The van der Waals surface area contributed by atoms with Gasteiger partial charge in [-0.3, -0.25) is 4.79 Å². The van der Waals surface area contributed by atoms with E-state index < -0.39 is 9.84 Å². The lowest BCUT2D eigenvalue weighted by atomic mass is 10.1. The summed E-state index contributed by atoms with van der Waals surface area (Å²) in [4.78, 5) is 12.5. The summed E-state index contributed by atoms with van der Waals surface area (Å²) in [6.45, 7) is 2.18. The van der Waals surface area contributed by atoms with E-state index in [-0.39, 0.29) is 17.7 Å². The van der Waals surface area contributed by atoms with Gasteiger partial charge in [-0.1, -0.05) is 31.9 Å². The van der Waals surface area contributed by atoms with E-state index >= 15 is 0 Å². The number of amides is 1. The summed E-state index contributed by atoms with van der Waals surface area (Å²) in [5, 5.41) is 5.65. The quantitative estimate of drug-likeness (QED) is 0.754. The van der Waals surface area contributed by atoms with Crippen molar-refractivity contribution in [3.8, 4) is 0 Å². The average molecular weight is 387 g/mol. The van der Waals surface area contributed by atoms with Gasteiger partial charge < -0.3 is 10.6 Å². The van der Waals surface area contributed by atoms with Crippen LogP contribution in [0.3, 0.4) is 0 Å². The number of nitrogens with one attached hydrogen (secondary N) is 2. The topological polar surface area (TPSA) is 75.3 Å². The van der Waals surface area contributed by atoms with Gasteiger partial charge in [0, 0.05) is 11.4 Å². The van der Waals surface area contributed by atoms with Gasteiger partial charge in [0.1, 0.15) is 0 Å². The van der Waals surface area contributed by atoms with Crippen LogP contribution in [0, 0.1) is 0 Å². The second kappa shape index (κ2) is 8.57. The van der Waals surface area contributed by atoms with Crippen LogP contribution in [0.15, 0.2) is 53.4 Å². The van der Waals surface area contributed by atoms with E-state index in [0.29, 0.717) is 4.90 Å². The number of aryl methyl sites for hydroxylation is 1. The molecule has 1 aliphatic rings. The van der Waals surface area contributed by atoms with Gasteiger partial charge in [-0.15, -0.1) is 0 Å². The van der Waals surface area contributed by atoms with Crippen molar-refractivity contribution in [2.45, 2.75) is 49.2 Å². The minimum Gasteiger partial charge on any atom is -0.376 e. The summed E-state index contributed by atoms with van der Waals surface area (Å²) in [5.74, 6) is -0.147. The Bertz CT molecular complexity index is 886. The molecule has 0 bridgehead atoms. The van der Waals surface area contributed by atoms with Crippen molar-refractivity contribution in [2.24, 2.45) is 0 Å². The minimum atomic E-state index is -3.24. The predicted octanol–water partition coefficient (Wildman–Crippen LogP) is 4.02. The van der Waals surface area contributed by atoms with Gasteiger partial charge in [-0.25, -0.2) is 8.42 Å². The molecule has 27 heavy (non-hydrogen) atoms. The first kappa shape index (κ1) is 19.4. The molecule has 2 aromatic carbocycles. The second-order valence-electron chi connectivity index (χ2n) is 6.93. The summed E-state index contributed by atoms with van der Waals surface area (Å²) in [6.07, 6.45) is 4.39. The third-order valence-electron chi connectivity index (χ3n) is 5.00. The van der Waals surface area contributed by atoms with Crippen LogP contribution in [0.5, 0.6) is 0 Å². The molecule has 0 heterocycles. The van der Waals surface area contributed by atoms with Crippen LogP contribution in [-0.2, 0) is 21.1 Å². The SMILES string of the molecule is CCc1cccc(NC(=O)CNc2ccc(S(=O)(=O)C3CCCC3)cc2)c1. The van der Waals surface area contributed by atoms with Crippen LogP contribution in [0.2, 0.25) is 0 Å². The van der Waals surface area contributed by atoms with Gasteiger partial charge in [0.05, 0.1) is 16.7 Å². The Hall–Kier alpha value is -2.34. The fourth-order valence-corrected chi connectivity index (χ4v) is 5.26. The molecule has 0 atom stereocenters. The third kappa shape index (κ3) is 4.89. The molecule has 1 aliphatic carbocycles. The first-order valence-electron chi connectivity index (χ1n) is 9.45. The predicted molar refractivity (Wildman–Crippen MR) is 109 cm³/mol.